The highest BCUT2D eigenvalue weighted by molar-refractivity contribution is 6.09. The van der Waals surface area contributed by atoms with Crippen molar-refractivity contribution in [1.82, 2.24) is 0 Å². The van der Waals surface area contributed by atoms with Gasteiger partial charge < -0.3 is 14.8 Å². The van der Waals surface area contributed by atoms with Crippen molar-refractivity contribution in [2.75, 3.05) is 18.5 Å². The molecule has 7 nitrogen and oxygen atoms in total. The van der Waals surface area contributed by atoms with Gasteiger partial charge in [-0.05, 0) is 42.5 Å². The zero-order chi connectivity index (χ0) is 22.1. The van der Waals surface area contributed by atoms with Gasteiger partial charge in [0.25, 0.3) is 5.91 Å². The normalized spacial score (nSPS) is 9.90. The molecule has 0 aliphatic carbocycles. The maximum absolute atomic E-state index is 12.4. The Kier molecular flexibility index (Phi) is 7.12. The second kappa shape index (κ2) is 10.4. The van der Waals surface area contributed by atoms with Crippen LogP contribution >= 0.6 is 0 Å². The fourth-order valence-corrected chi connectivity index (χ4v) is 2.65. The van der Waals surface area contributed by atoms with Crippen LogP contribution in [0.4, 0.5) is 5.69 Å². The molecule has 0 spiro atoms. The molecule has 0 aliphatic heterocycles. The number of amides is 1. The van der Waals surface area contributed by atoms with Gasteiger partial charge >= 0.3 is 5.97 Å². The Morgan fingerprint density at radius 3 is 2.26 bits per heavy atom. The summed E-state index contributed by atoms with van der Waals surface area (Å²) in [6, 6.07) is 23.6. The van der Waals surface area contributed by atoms with Crippen molar-refractivity contribution in [2.45, 2.75) is 0 Å². The molecule has 0 heterocycles. The highest BCUT2D eigenvalue weighted by Gasteiger charge is 2.11. The molecule has 0 aliphatic rings. The molecule has 7 heteroatoms. The second-order valence-electron chi connectivity index (χ2n) is 6.41. The Bertz CT molecular complexity index is 1120. The van der Waals surface area contributed by atoms with Crippen molar-refractivity contribution >= 4 is 23.3 Å². The number of esters is 1. The first-order valence-electron chi connectivity index (χ1n) is 9.33. The highest BCUT2D eigenvalue weighted by Crippen LogP contribution is 2.15. The minimum absolute atomic E-state index is 0.113. The molecule has 0 saturated carbocycles. The van der Waals surface area contributed by atoms with E-state index in [-0.39, 0.29) is 12.4 Å². The summed E-state index contributed by atoms with van der Waals surface area (Å²) in [5.74, 6) is -0.977. The van der Waals surface area contributed by atoms with E-state index >= 15 is 0 Å². The minimum Gasteiger partial charge on any atom is -0.482 e. The van der Waals surface area contributed by atoms with Crippen LogP contribution in [0.5, 0.6) is 5.75 Å². The molecular weight excluding hydrogens is 396 g/mol. The number of ketones is 1. The predicted octanol–water partition coefficient (Wildman–Crippen LogP) is 3.35. The van der Waals surface area contributed by atoms with Gasteiger partial charge in [-0.2, -0.15) is 5.26 Å². The molecule has 0 atom stereocenters. The highest BCUT2D eigenvalue weighted by atomic mass is 16.6. The summed E-state index contributed by atoms with van der Waals surface area (Å²) in [6.45, 7) is -0.868. The lowest BCUT2D eigenvalue weighted by Crippen LogP contribution is -2.23. The number of carbonyl (C=O) groups is 3. The molecule has 0 aromatic heterocycles. The molecule has 0 saturated heterocycles. The van der Waals surface area contributed by atoms with E-state index < -0.39 is 18.5 Å². The van der Waals surface area contributed by atoms with Gasteiger partial charge in [-0.1, -0.05) is 36.4 Å². The van der Waals surface area contributed by atoms with Gasteiger partial charge in [0.2, 0.25) is 0 Å². The van der Waals surface area contributed by atoms with Crippen LogP contribution in [0.15, 0.2) is 78.9 Å². The van der Waals surface area contributed by atoms with Gasteiger partial charge in [-0.25, -0.2) is 4.79 Å². The van der Waals surface area contributed by atoms with Crippen LogP contribution in [-0.2, 0) is 14.3 Å². The van der Waals surface area contributed by atoms with E-state index in [0.29, 0.717) is 28.1 Å². The number of nitrogens with zero attached hydrogens (tertiary/aromatic N) is 1. The van der Waals surface area contributed by atoms with E-state index in [1.807, 2.05) is 12.1 Å². The molecule has 154 valence electrons. The zero-order valence-corrected chi connectivity index (χ0v) is 16.4. The summed E-state index contributed by atoms with van der Waals surface area (Å²) in [6.07, 6.45) is 0. The van der Waals surface area contributed by atoms with Gasteiger partial charge in [0.1, 0.15) is 5.75 Å². The number of nitriles is 1. The number of rotatable bonds is 8. The third kappa shape index (κ3) is 6.27. The summed E-state index contributed by atoms with van der Waals surface area (Å²) in [5.41, 5.74) is 1.91. The molecule has 0 unspecified atom stereocenters. The predicted molar refractivity (Wildman–Crippen MR) is 113 cm³/mol. The number of anilines is 1. The number of carbonyl (C=O) groups excluding carboxylic acids is 3. The molecule has 31 heavy (non-hydrogen) atoms. The van der Waals surface area contributed by atoms with Crippen molar-refractivity contribution < 1.29 is 23.9 Å². The Morgan fingerprint density at radius 1 is 0.839 bits per heavy atom. The van der Waals surface area contributed by atoms with Crippen LogP contribution < -0.4 is 10.1 Å². The lowest BCUT2D eigenvalue weighted by atomic mass is 10.0. The standard InChI is InChI=1S/C24H18N2O5/c25-14-17-5-4-8-20(13-17)26-22(27)15-31-23(28)16-30-21-11-9-19(10-12-21)24(29)18-6-2-1-3-7-18/h1-13H,15-16H2,(H,26,27). The van der Waals surface area contributed by atoms with Gasteiger partial charge in [-0.3, -0.25) is 9.59 Å². The van der Waals surface area contributed by atoms with E-state index in [1.54, 1.807) is 66.7 Å². The van der Waals surface area contributed by atoms with Gasteiger partial charge in [0.15, 0.2) is 19.0 Å². The summed E-state index contributed by atoms with van der Waals surface area (Å²) in [7, 11) is 0. The third-order valence-corrected chi connectivity index (χ3v) is 4.15. The van der Waals surface area contributed by atoms with Crippen molar-refractivity contribution in [2.24, 2.45) is 0 Å². The Morgan fingerprint density at radius 2 is 1.55 bits per heavy atom. The second-order valence-corrected chi connectivity index (χ2v) is 6.41. The van der Waals surface area contributed by atoms with E-state index in [2.05, 4.69) is 5.32 Å². The largest absolute Gasteiger partial charge is 0.482 e. The monoisotopic (exact) mass is 414 g/mol. The SMILES string of the molecule is N#Cc1cccc(NC(=O)COC(=O)COc2ccc(C(=O)c3ccccc3)cc2)c1. The topological polar surface area (TPSA) is 105 Å². The van der Waals surface area contributed by atoms with Crippen molar-refractivity contribution in [3.63, 3.8) is 0 Å². The molecule has 3 aromatic rings. The van der Waals surface area contributed by atoms with Crippen LogP contribution in [0.25, 0.3) is 0 Å². The molecule has 0 radical (unpaired) electrons. The first kappa shape index (κ1) is 21.3. The van der Waals surface area contributed by atoms with E-state index in [1.165, 1.54) is 6.07 Å². The maximum atomic E-state index is 12.4. The van der Waals surface area contributed by atoms with Crippen molar-refractivity contribution in [3.8, 4) is 11.8 Å². The smallest absolute Gasteiger partial charge is 0.344 e. The van der Waals surface area contributed by atoms with Crippen LogP contribution in [0.3, 0.4) is 0 Å². The quantitative estimate of drug-likeness (QED) is 0.448. The van der Waals surface area contributed by atoms with E-state index in [4.69, 9.17) is 14.7 Å². The van der Waals surface area contributed by atoms with Gasteiger partial charge in [-0.15, -0.1) is 0 Å². The Balaban J connectivity index is 1.43. The number of benzene rings is 3. The fraction of sp³-hybridized carbons (Fsp3) is 0.0833. The summed E-state index contributed by atoms with van der Waals surface area (Å²) < 4.78 is 10.2. The van der Waals surface area contributed by atoms with Crippen LogP contribution in [0.1, 0.15) is 21.5 Å². The number of hydrogen-bond acceptors (Lipinski definition) is 6. The first-order chi connectivity index (χ1) is 15.0. The molecule has 0 bridgehead atoms. The lowest BCUT2D eigenvalue weighted by molar-refractivity contribution is -0.149. The molecule has 1 amide bonds. The number of hydrogen-bond donors (Lipinski definition) is 1. The van der Waals surface area contributed by atoms with Gasteiger partial charge in [0, 0.05) is 16.8 Å². The summed E-state index contributed by atoms with van der Waals surface area (Å²) in [4.78, 5) is 36.0. The lowest BCUT2D eigenvalue weighted by Gasteiger charge is -2.08. The Hall–Kier alpha value is -4.44. The van der Waals surface area contributed by atoms with Crippen LogP contribution in [0, 0.1) is 11.3 Å². The fourth-order valence-electron chi connectivity index (χ4n) is 2.65. The number of nitrogens with one attached hydrogen (secondary N) is 1. The molecule has 3 aromatic carbocycles. The van der Waals surface area contributed by atoms with Crippen molar-refractivity contribution in [3.05, 3.63) is 95.6 Å². The van der Waals surface area contributed by atoms with Crippen LogP contribution in [-0.4, -0.2) is 30.9 Å². The summed E-state index contributed by atoms with van der Waals surface area (Å²) in [5, 5.41) is 11.4. The van der Waals surface area contributed by atoms with Crippen LogP contribution in [0.2, 0.25) is 0 Å². The average molecular weight is 414 g/mol. The molecule has 3 rings (SSSR count). The number of ether oxygens (including phenoxy) is 2. The minimum atomic E-state index is -0.717. The van der Waals surface area contributed by atoms with E-state index in [9.17, 15) is 14.4 Å². The first-order valence-corrected chi connectivity index (χ1v) is 9.33. The molecule has 0 fully saturated rings. The zero-order valence-electron chi connectivity index (χ0n) is 16.4. The Labute approximate surface area is 178 Å². The maximum Gasteiger partial charge on any atom is 0.344 e. The average Bonchev–Trinajstić information content (AvgIpc) is 2.82. The molecule has 1 N–H and O–H groups in total. The van der Waals surface area contributed by atoms with Crippen molar-refractivity contribution in [1.29, 1.82) is 5.26 Å². The molecular formula is C24H18N2O5. The van der Waals surface area contributed by atoms with Gasteiger partial charge in [0.05, 0.1) is 11.6 Å². The third-order valence-electron chi connectivity index (χ3n) is 4.15. The van der Waals surface area contributed by atoms with E-state index in [0.717, 1.165) is 0 Å². The summed E-state index contributed by atoms with van der Waals surface area (Å²) >= 11 is 0.